The molecule has 1 atom stereocenters. The lowest BCUT2D eigenvalue weighted by atomic mass is 10.1. The molecule has 0 bridgehead atoms. The third kappa shape index (κ3) is 4.48. The minimum Gasteiger partial charge on any atom is -0.349 e. The van der Waals surface area contributed by atoms with E-state index in [2.05, 4.69) is 20.6 Å². The van der Waals surface area contributed by atoms with Gasteiger partial charge >= 0.3 is 6.03 Å². The van der Waals surface area contributed by atoms with E-state index in [9.17, 15) is 14.4 Å². The highest BCUT2D eigenvalue weighted by Crippen LogP contribution is 2.13. The first-order valence-electron chi connectivity index (χ1n) is 9.96. The van der Waals surface area contributed by atoms with E-state index in [0.717, 1.165) is 16.6 Å². The number of hydrogen-bond donors (Lipinski definition) is 3. The Morgan fingerprint density at radius 3 is 2.63 bits per heavy atom. The van der Waals surface area contributed by atoms with Gasteiger partial charge in [-0.25, -0.2) is 9.78 Å². The van der Waals surface area contributed by atoms with Gasteiger partial charge in [-0.15, -0.1) is 0 Å². The summed E-state index contributed by atoms with van der Waals surface area (Å²) >= 11 is 0. The summed E-state index contributed by atoms with van der Waals surface area (Å²) in [4.78, 5) is 45.6. The van der Waals surface area contributed by atoms with Crippen LogP contribution in [-0.4, -0.2) is 45.3 Å². The number of aromatic amines is 1. The predicted octanol–water partition coefficient (Wildman–Crippen LogP) is 2.12. The average Bonchev–Trinajstić information content (AvgIpc) is 3.30. The first-order valence-corrected chi connectivity index (χ1v) is 9.96. The molecule has 8 heteroatoms. The van der Waals surface area contributed by atoms with E-state index >= 15 is 0 Å². The molecule has 1 fully saturated rings. The van der Waals surface area contributed by atoms with E-state index in [1.54, 1.807) is 0 Å². The van der Waals surface area contributed by atoms with Crippen LogP contribution in [0, 0.1) is 0 Å². The van der Waals surface area contributed by atoms with Gasteiger partial charge < -0.3 is 15.6 Å². The summed E-state index contributed by atoms with van der Waals surface area (Å²) in [5.74, 6) is 0.197. The van der Waals surface area contributed by atoms with E-state index in [-0.39, 0.29) is 31.2 Å². The van der Waals surface area contributed by atoms with Crippen LogP contribution in [-0.2, 0) is 22.6 Å². The number of carbonyl (C=O) groups excluding carboxylic acids is 3. The maximum absolute atomic E-state index is 12.5. The third-order valence-electron chi connectivity index (χ3n) is 5.13. The number of carbonyl (C=O) groups is 3. The smallest absolute Gasteiger partial charge is 0.324 e. The number of nitrogens with zero attached hydrogens (tertiary/aromatic N) is 2. The lowest BCUT2D eigenvalue weighted by Crippen LogP contribution is -2.34. The second kappa shape index (κ2) is 8.77. The Hall–Kier alpha value is -3.68. The first-order chi connectivity index (χ1) is 14.6. The van der Waals surface area contributed by atoms with Gasteiger partial charge in [0.2, 0.25) is 5.91 Å². The van der Waals surface area contributed by atoms with Crippen LogP contribution in [0.2, 0.25) is 0 Å². The predicted molar refractivity (Wildman–Crippen MR) is 111 cm³/mol. The van der Waals surface area contributed by atoms with Crippen molar-refractivity contribution in [1.29, 1.82) is 0 Å². The molecule has 30 heavy (non-hydrogen) atoms. The third-order valence-corrected chi connectivity index (χ3v) is 5.13. The molecule has 2 aromatic carbocycles. The van der Waals surface area contributed by atoms with Gasteiger partial charge in [-0.3, -0.25) is 14.5 Å². The van der Waals surface area contributed by atoms with Crippen LogP contribution in [0.4, 0.5) is 4.79 Å². The molecule has 1 aromatic heterocycles. The minimum absolute atomic E-state index is 0.142. The van der Waals surface area contributed by atoms with Crippen LogP contribution in [0.15, 0.2) is 54.6 Å². The monoisotopic (exact) mass is 405 g/mol. The van der Waals surface area contributed by atoms with E-state index < -0.39 is 12.1 Å². The van der Waals surface area contributed by atoms with Gasteiger partial charge in [0.1, 0.15) is 11.9 Å². The fourth-order valence-electron chi connectivity index (χ4n) is 3.51. The van der Waals surface area contributed by atoms with Gasteiger partial charge in [0.15, 0.2) is 0 Å². The number of H-pyrrole nitrogens is 1. The molecule has 1 aliphatic rings. The number of hydrogen-bond acceptors (Lipinski definition) is 4. The van der Waals surface area contributed by atoms with Gasteiger partial charge in [-0.2, -0.15) is 0 Å². The molecule has 0 radical (unpaired) electrons. The summed E-state index contributed by atoms with van der Waals surface area (Å²) in [7, 11) is 0. The minimum atomic E-state index is -0.662. The fourth-order valence-corrected chi connectivity index (χ4v) is 3.51. The molecule has 0 saturated carbocycles. The van der Waals surface area contributed by atoms with Crippen LogP contribution in [0.5, 0.6) is 0 Å². The number of urea groups is 1. The average molecular weight is 405 g/mol. The van der Waals surface area contributed by atoms with E-state index in [1.165, 1.54) is 4.90 Å². The van der Waals surface area contributed by atoms with Crippen molar-refractivity contribution in [3.05, 3.63) is 66.0 Å². The number of rotatable bonds is 8. The zero-order chi connectivity index (χ0) is 20.9. The number of fused-ring (bicyclic) bond motifs is 1. The number of para-hydroxylation sites is 2. The Kier molecular flexibility index (Phi) is 5.74. The van der Waals surface area contributed by atoms with Crippen molar-refractivity contribution in [3.8, 4) is 0 Å². The molecule has 0 spiro atoms. The zero-order valence-corrected chi connectivity index (χ0v) is 16.4. The Labute approximate surface area is 173 Å². The molecular weight excluding hydrogens is 382 g/mol. The Bertz CT molecular complexity index is 1030. The molecule has 1 saturated heterocycles. The van der Waals surface area contributed by atoms with Gasteiger partial charge in [-0.05, 0) is 30.5 Å². The summed E-state index contributed by atoms with van der Waals surface area (Å²) in [6.45, 7) is 0.602. The molecule has 1 unspecified atom stereocenters. The molecule has 154 valence electrons. The van der Waals surface area contributed by atoms with Crippen molar-refractivity contribution in [3.63, 3.8) is 0 Å². The summed E-state index contributed by atoms with van der Waals surface area (Å²) < 4.78 is 0. The lowest BCUT2D eigenvalue weighted by Gasteiger charge is -2.13. The Morgan fingerprint density at radius 2 is 1.83 bits per heavy atom. The van der Waals surface area contributed by atoms with Crippen LogP contribution < -0.4 is 10.6 Å². The quantitative estimate of drug-likeness (QED) is 0.499. The second-order valence-corrected chi connectivity index (χ2v) is 7.24. The van der Waals surface area contributed by atoms with Crippen molar-refractivity contribution in [2.75, 3.05) is 6.54 Å². The highest BCUT2D eigenvalue weighted by molar-refractivity contribution is 6.04. The maximum atomic E-state index is 12.5. The molecule has 3 N–H and O–H groups in total. The molecule has 2 heterocycles. The summed E-state index contributed by atoms with van der Waals surface area (Å²) in [6.07, 6.45) is 1.01. The molecule has 4 rings (SSSR count). The van der Waals surface area contributed by atoms with Gasteiger partial charge in [0.25, 0.3) is 5.91 Å². The summed E-state index contributed by atoms with van der Waals surface area (Å²) in [5.41, 5.74) is 2.82. The number of aromatic nitrogens is 2. The fraction of sp³-hybridized carbons (Fsp3) is 0.273. The summed E-state index contributed by atoms with van der Waals surface area (Å²) in [5, 5.41) is 5.47. The maximum Gasteiger partial charge on any atom is 0.324 e. The number of imide groups is 1. The number of imidazole rings is 1. The highest BCUT2D eigenvalue weighted by atomic mass is 16.2. The number of amides is 4. The van der Waals surface area contributed by atoms with Crippen molar-refractivity contribution in [2.45, 2.75) is 31.8 Å². The Morgan fingerprint density at radius 1 is 1.07 bits per heavy atom. The van der Waals surface area contributed by atoms with Crippen LogP contribution in [0.25, 0.3) is 11.0 Å². The Balaban J connectivity index is 1.23. The van der Waals surface area contributed by atoms with Crippen molar-refractivity contribution in [2.24, 2.45) is 0 Å². The molecule has 3 aromatic rings. The lowest BCUT2D eigenvalue weighted by molar-refractivity contribution is -0.127. The molecular formula is C22H23N5O3. The van der Waals surface area contributed by atoms with E-state index in [0.29, 0.717) is 18.8 Å². The van der Waals surface area contributed by atoms with E-state index in [1.807, 2.05) is 54.6 Å². The highest BCUT2D eigenvalue weighted by Gasteiger charge is 2.37. The largest absolute Gasteiger partial charge is 0.349 e. The number of benzene rings is 2. The SMILES string of the molecule is O=C(CCC1NC(=O)N(CCc2ccccc2)C1=O)NCc1nc2ccccc2[nH]1. The normalized spacial score (nSPS) is 16.1. The standard InChI is InChI=1S/C22H23N5O3/c28-20(23-14-19-24-16-8-4-5-9-17(16)25-19)11-10-18-21(29)27(22(30)26-18)13-12-15-6-2-1-3-7-15/h1-9,18H,10-14H2,(H,23,28)(H,24,25)(H,26,30). The zero-order valence-electron chi connectivity index (χ0n) is 16.4. The molecule has 1 aliphatic heterocycles. The van der Waals surface area contributed by atoms with Crippen molar-refractivity contribution >= 4 is 28.9 Å². The topological polar surface area (TPSA) is 107 Å². The number of nitrogens with one attached hydrogen (secondary N) is 3. The second-order valence-electron chi connectivity index (χ2n) is 7.24. The van der Waals surface area contributed by atoms with E-state index in [4.69, 9.17) is 0 Å². The first kappa shape index (κ1) is 19.6. The van der Waals surface area contributed by atoms with Crippen LogP contribution in [0.3, 0.4) is 0 Å². The van der Waals surface area contributed by atoms with Gasteiger partial charge in [0.05, 0.1) is 17.6 Å². The van der Waals surface area contributed by atoms with Crippen LogP contribution in [0.1, 0.15) is 24.2 Å². The van der Waals surface area contributed by atoms with Crippen molar-refractivity contribution in [1.82, 2.24) is 25.5 Å². The molecule has 0 aliphatic carbocycles. The van der Waals surface area contributed by atoms with Gasteiger partial charge in [0, 0.05) is 13.0 Å². The van der Waals surface area contributed by atoms with Crippen LogP contribution >= 0.6 is 0 Å². The van der Waals surface area contributed by atoms with Crippen molar-refractivity contribution < 1.29 is 14.4 Å². The molecule has 8 nitrogen and oxygen atoms in total. The molecule has 4 amide bonds. The van der Waals surface area contributed by atoms with Gasteiger partial charge in [-0.1, -0.05) is 42.5 Å². The summed E-state index contributed by atoms with van der Waals surface area (Å²) in [6, 6.07) is 16.3.